The Morgan fingerprint density at radius 3 is 1.76 bits per heavy atom. The van der Waals surface area contributed by atoms with Gasteiger partial charge in [0.1, 0.15) is 11.4 Å². The second kappa shape index (κ2) is 3.07. The summed E-state index contributed by atoms with van der Waals surface area (Å²) in [7, 11) is 0. The van der Waals surface area contributed by atoms with Gasteiger partial charge in [-0.15, -0.1) is 0 Å². The van der Waals surface area contributed by atoms with Crippen molar-refractivity contribution < 1.29 is 18.9 Å². The summed E-state index contributed by atoms with van der Waals surface area (Å²) in [6.45, 7) is 18.5. The molecule has 2 fully saturated rings. The Hall–Kier alpha value is -1.42. The van der Waals surface area contributed by atoms with E-state index in [1.165, 1.54) is 0 Å². The van der Waals surface area contributed by atoms with Crippen LogP contribution < -0.4 is 0 Å². The molecule has 94 valence electrons. The maximum absolute atomic E-state index is 5.93. The van der Waals surface area contributed by atoms with Gasteiger partial charge in [-0.2, -0.15) is 0 Å². The fraction of sp³-hybridized carbons (Fsp3) is 0.538. The number of rotatable bonds is 0. The van der Waals surface area contributed by atoms with Crippen LogP contribution >= 0.6 is 0 Å². The molecule has 2 aliphatic heterocycles. The van der Waals surface area contributed by atoms with Crippen molar-refractivity contribution >= 4 is 0 Å². The van der Waals surface area contributed by atoms with Crippen molar-refractivity contribution in [2.45, 2.75) is 44.9 Å². The topological polar surface area (TPSA) is 36.9 Å². The van der Waals surface area contributed by atoms with Crippen LogP contribution in [0.2, 0.25) is 0 Å². The normalized spacial score (nSPS) is 39.9. The van der Waals surface area contributed by atoms with Crippen LogP contribution in [0, 0.1) is 0 Å². The van der Waals surface area contributed by atoms with Gasteiger partial charge in [-0.3, -0.25) is 0 Å². The average molecular weight is 238 g/mol. The van der Waals surface area contributed by atoms with E-state index in [0.29, 0.717) is 17.3 Å². The Morgan fingerprint density at radius 1 is 0.765 bits per heavy atom. The molecule has 0 bridgehead atoms. The number of ether oxygens (including phenoxy) is 4. The molecule has 2 aliphatic rings. The predicted molar refractivity (Wildman–Crippen MR) is 62.6 cm³/mol. The molecule has 17 heavy (non-hydrogen) atoms. The van der Waals surface area contributed by atoms with Crippen LogP contribution in [0.15, 0.2) is 37.0 Å². The summed E-state index contributed by atoms with van der Waals surface area (Å²) in [5.41, 5.74) is -0.656. The van der Waals surface area contributed by atoms with E-state index in [2.05, 4.69) is 19.7 Å². The van der Waals surface area contributed by atoms with Gasteiger partial charge in [0.25, 0.3) is 5.79 Å². The summed E-state index contributed by atoms with van der Waals surface area (Å²) in [5.74, 6) is -1.03. The van der Waals surface area contributed by atoms with Crippen molar-refractivity contribution in [1.29, 1.82) is 0 Å². The van der Waals surface area contributed by atoms with Gasteiger partial charge in [-0.25, -0.2) is 0 Å². The lowest BCUT2D eigenvalue weighted by Gasteiger charge is -2.55. The third-order valence-corrected chi connectivity index (χ3v) is 3.21. The van der Waals surface area contributed by atoms with Gasteiger partial charge in [-0.05, 0) is 13.8 Å². The lowest BCUT2D eigenvalue weighted by Crippen LogP contribution is -2.66. The standard InChI is InChI=1S/C13H18O4/c1-8-9(2)15-13(7)12(6,14-8)16-10(3)11(4,5)17-13/h1-3H2,4-7H3. The van der Waals surface area contributed by atoms with Crippen molar-refractivity contribution in [1.82, 2.24) is 0 Å². The zero-order valence-electron chi connectivity index (χ0n) is 10.8. The molecule has 0 saturated carbocycles. The molecule has 2 rings (SSSR count). The van der Waals surface area contributed by atoms with Crippen molar-refractivity contribution in [3.05, 3.63) is 37.0 Å². The predicted octanol–water partition coefficient (Wildman–Crippen LogP) is 2.83. The third kappa shape index (κ3) is 1.55. The Morgan fingerprint density at radius 2 is 1.24 bits per heavy atom. The molecule has 0 aromatic heterocycles. The number of fused-ring (bicyclic) bond motifs is 1. The zero-order valence-corrected chi connectivity index (χ0v) is 10.8. The highest BCUT2D eigenvalue weighted by Gasteiger charge is 2.63. The van der Waals surface area contributed by atoms with E-state index in [9.17, 15) is 0 Å². The van der Waals surface area contributed by atoms with Gasteiger partial charge >= 0.3 is 5.79 Å². The summed E-state index contributed by atoms with van der Waals surface area (Å²) >= 11 is 0. The third-order valence-electron chi connectivity index (χ3n) is 3.21. The first-order valence-corrected chi connectivity index (χ1v) is 5.44. The van der Waals surface area contributed by atoms with Crippen molar-refractivity contribution in [3.63, 3.8) is 0 Å². The van der Waals surface area contributed by atoms with Gasteiger partial charge in [0, 0.05) is 13.8 Å². The zero-order chi connectivity index (χ0) is 13.1. The minimum atomic E-state index is -1.11. The average Bonchev–Trinajstić information content (AvgIpc) is 2.12. The molecule has 4 heteroatoms. The highest BCUT2D eigenvalue weighted by molar-refractivity contribution is 5.21. The van der Waals surface area contributed by atoms with Crippen LogP contribution in [-0.2, 0) is 18.9 Å². The maximum Gasteiger partial charge on any atom is 0.314 e. The van der Waals surface area contributed by atoms with Crippen LogP contribution in [-0.4, -0.2) is 17.2 Å². The van der Waals surface area contributed by atoms with E-state index in [1.54, 1.807) is 13.8 Å². The van der Waals surface area contributed by atoms with E-state index in [1.807, 2.05) is 13.8 Å². The first-order chi connectivity index (χ1) is 7.60. The first kappa shape index (κ1) is 12.0. The first-order valence-electron chi connectivity index (χ1n) is 5.44. The van der Waals surface area contributed by atoms with E-state index >= 15 is 0 Å². The molecular weight excluding hydrogens is 220 g/mol. The quantitative estimate of drug-likeness (QED) is 0.650. The molecular formula is C13H18O4. The van der Waals surface area contributed by atoms with Crippen LogP contribution in [0.25, 0.3) is 0 Å². The van der Waals surface area contributed by atoms with Crippen LogP contribution in [0.5, 0.6) is 0 Å². The molecule has 2 atom stereocenters. The van der Waals surface area contributed by atoms with Crippen LogP contribution in [0.4, 0.5) is 0 Å². The largest absolute Gasteiger partial charge is 0.451 e. The Bertz CT molecular complexity index is 423. The molecule has 2 saturated heterocycles. The molecule has 0 radical (unpaired) electrons. The van der Waals surface area contributed by atoms with Crippen LogP contribution in [0.1, 0.15) is 27.7 Å². The van der Waals surface area contributed by atoms with E-state index in [-0.39, 0.29) is 0 Å². The molecule has 2 unspecified atom stereocenters. The van der Waals surface area contributed by atoms with Gasteiger partial charge in [-0.1, -0.05) is 19.7 Å². The van der Waals surface area contributed by atoms with Gasteiger partial charge in [0.2, 0.25) is 0 Å². The molecule has 0 aromatic carbocycles. The minimum absolute atomic E-state index is 0.334. The summed E-state index contributed by atoms with van der Waals surface area (Å²) < 4.78 is 23.0. The molecule has 2 heterocycles. The minimum Gasteiger partial charge on any atom is -0.451 e. The monoisotopic (exact) mass is 238 g/mol. The molecule has 4 nitrogen and oxygen atoms in total. The van der Waals surface area contributed by atoms with Gasteiger partial charge in [0.15, 0.2) is 11.5 Å². The lowest BCUT2D eigenvalue weighted by atomic mass is 9.99. The molecule has 0 spiro atoms. The Balaban J connectivity index is 2.42. The smallest absolute Gasteiger partial charge is 0.314 e. The van der Waals surface area contributed by atoms with E-state index in [0.717, 1.165) is 0 Å². The van der Waals surface area contributed by atoms with Crippen molar-refractivity contribution in [2.24, 2.45) is 0 Å². The Kier molecular flexibility index (Phi) is 2.18. The summed E-state index contributed by atoms with van der Waals surface area (Å²) in [6.07, 6.45) is 0. The molecule has 0 aromatic rings. The number of hydrogen-bond acceptors (Lipinski definition) is 4. The van der Waals surface area contributed by atoms with Crippen molar-refractivity contribution in [2.75, 3.05) is 0 Å². The summed E-state index contributed by atoms with van der Waals surface area (Å²) in [6, 6.07) is 0. The van der Waals surface area contributed by atoms with E-state index in [4.69, 9.17) is 18.9 Å². The van der Waals surface area contributed by atoms with Crippen molar-refractivity contribution in [3.8, 4) is 0 Å². The Labute approximate surface area is 101 Å². The molecule has 0 amide bonds. The maximum atomic E-state index is 5.93. The second-order valence-corrected chi connectivity index (χ2v) is 5.08. The van der Waals surface area contributed by atoms with Crippen LogP contribution in [0.3, 0.4) is 0 Å². The van der Waals surface area contributed by atoms with Gasteiger partial charge < -0.3 is 18.9 Å². The summed E-state index contributed by atoms with van der Waals surface area (Å²) in [5, 5.41) is 0. The lowest BCUT2D eigenvalue weighted by molar-refractivity contribution is -0.436. The highest BCUT2D eigenvalue weighted by atomic mass is 16.8. The number of hydrogen-bond donors (Lipinski definition) is 0. The fourth-order valence-corrected chi connectivity index (χ4v) is 1.90. The SMILES string of the molecule is C=C1OC2(C)OC(=C)C(C)(C)OC2(C)OC1=C. The van der Waals surface area contributed by atoms with Gasteiger partial charge in [0.05, 0.1) is 0 Å². The molecule has 0 aliphatic carbocycles. The molecule has 0 N–H and O–H groups in total. The second-order valence-electron chi connectivity index (χ2n) is 5.08. The van der Waals surface area contributed by atoms with E-state index < -0.39 is 17.2 Å². The fourth-order valence-electron chi connectivity index (χ4n) is 1.90. The summed E-state index contributed by atoms with van der Waals surface area (Å²) in [4.78, 5) is 0. The highest BCUT2D eigenvalue weighted by Crippen LogP contribution is 2.49.